The average molecular weight is 439 g/mol. The number of carbonyl (C=O) groups excluding carboxylic acids is 1. The van der Waals surface area contributed by atoms with Gasteiger partial charge in [-0.1, -0.05) is 25.7 Å². The predicted octanol–water partition coefficient (Wildman–Crippen LogP) is 3.34. The molecule has 2 aromatic rings. The zero-order chi connectivity index (χ0) is 20.4. The van der Waals surface area contributed by atoms with Gasteiger partial charge in [0.2, 0.25) is 10.0 Å². The zero-order valence-electron chi connectivity index (χ0n) is 16.5. The van der Waals surface area contributed by atoms with Gasteiger partial charge in [0.25, 0.3) is 5.89 Å². The maximum Gasteiger partial charge on any atom is 0.311 e. The minimum Gasteiger partial charge on any atom is -0.411 e. The molecule has 29 heavy (non-hydrogen) atoms. The van der Waals surface area contributed by atoms with E-state index in [1.165, 1.54) is 11.3 Å². The first-order chi connectivity index (χ1) is 13.9. The molecule has 0 unspecified atom stereocenters. The number of thiophene rings is 1. The van der Waals surface area contributed by atoms with Crippen LogP contribution in [0.1, 0.15) is 66.9 Å². The molecule has 3 heterocycles. The quantitative estimate of drug-likeness (QED) is 0.718. The SMILES string of the molecule is Cc1sc(-c2nnc(C(=O)N3CCCC3)o2)cc1S(=O)(=O)NC1CCCCCC1. The van der Waals surface area contributed by atoms with Gasteiger partial charge in [-0.05, 0) is 38.7 Å². The van der Waals surface area contributed by atoms with E-state index in [0.717, 1.165) is 51.4 Å². The molecule has 158 valence electrons. The Morgan fingerprint density at radius 3 is 2.52 bits per heavy atom. The summed E-state index contributed by atoms with van der Waals surface area (Å²) in [6.07, 6.45) is 8.14. The van der Waals surface area contributed by atoms with E-state index in [4.69, 9.17) is 4.42 Å². The second kappa shape index (κ2) is 8.53. The summed E-state index contributed by atoms with van der Waals surface area (Å²) < 4.78 is 34.3. The number of nitrogens with zero attached hydrogens (tertiary/aromatic N) is 3. The van der Waals surface area contributed by atoms with E-state index in [9.17, 15) is 13.2 Å². The van der Waals surface area contributed by atoms with E-state index in [2.05, 4.69) is 14.9 Å². The summed E-state index contributed by atoms with van der Waals surface area (Å²) in [5, 5.41) is 7.85. The average Bonchev–Trinajstić information content (AvgIpc) is 3.41. The molecule has 4 rings (SSSR count). The molecule has 0 radical (unpaired) electrons. The molecule has 2 fully saturated rings. The third-order valence-corrected chi connectivity index (χ3v) is 8.37. The van der Waals surface area contributed by atoms with Gasteiger partial charge < -0.3 is 9.32 Å². The number of aromatic nitrogens is 2. The van der Waals surface area contributed by atoms with Crippen LogP contribution in [0.5, 0.6) is 0 Å². The fraction of sp³-hybridized carbons (Fsp3) is 0.632. The van der Waals surface area contributed by atoms with Crippen LogP contribution in [0.15, 0.2) is 15.4 Å². The molecule has 2 aliphatic rings. The van der Waals surface area contributed by atoms with Crippen LogP contribution in [-0.2, 0) is 10.0 Å². The van der Waals surface area contributed by atoms with E-state index in [0.29, 0.717) is 22.8 Å². The van der Waals surface area contributed by atoms with Crippen LogP contribution in [0.25, 0.3) is 10.8 Å². The highest BCUT2D eigenvalue weighted by Gasteiger charge is 2.28. The molecular weight excluding hydrogens is 412 g/mol. The van der Waals surface area contributed by atoms with Crippen LogP contribution in [0, 0.1) is 6.92 Å². The molecule has 0 bridgehead atoms. The molecule has 10 heteroatoms. The standard InChI is InChI=1S/C19H26N4O4S2/c1-13-16(29(25,26)22-14-8-4-2-3-5-9-14)12-15(28-13)17-20-21-18(27-17)19(24)23-10-6-7-11-23/h12,14,22H,2-11H2,1H3. The predicted molar refractivity (Wildman–Crippen MR) is 109 cm³/mol. The third kappa shape index (κ3) is 4.54. The molecular formula is C19H26N4O4S2. The van der Waals surface area contributed by atoms with E-state index in [1.807, 2.05) is 0 Å². The van der Waals surface area contributed by atoms with Gasteiger partial charge in [0.1, 0.15) is 0 Å². The highest BCUT2D eigenvalue weighted by Crippen LogP contribution is 2.33. The number of hydrogen-bond acceptors (Lipinski definition) is 7. The van der Waals surface area contributed by atoms with E-state index in [-0.39, 0.29) is 28.6 Å². The highest BCUT2D eigenvalue weighted by atomic mass is 32.2. The summed E-state index contributed by atoms with van der Waals surface area (Å²) in [5.74, 6) is -0.136. The first kappa shape index (κ1) is 20.5. The third-order valence-electron chi connectivity index (χ3n) is 5.55. The number of sulfonamides is 1. The maximum atomic E-state index is 12.9. The second-order valence-electron chi connectivity index (χ2n) is 7.75. The summed E-state index contributed by atoms with van der Waals surface area (Å²) in [7, 11) is -3.62. The van der Waals surface area contributed by atoms with Crippen LogP contribution >= 0.6 is 11.3 Å². The molecule has 1 saturated heterocycles. The number of aryl methyl sites for hydroxylation is 1. The van der Waals surface area contributed by atoms with Crippen molar-refractivity contribution in [2.24, 2.45) is 0 Å². The number of rotatable bonds is 5. The number of likely N-dealkylation sites (tertiary alicyclic amines) is 1. The van der Waals surface area contributed by atoms with Gasteiger partial charge in [-0.2, -0.15) is 0 Å². The monoisotopic (exact) mass is 438 g/mol. The van der Waals surface area contributed by atoms with Crippen molar-refractivity contribution in [1.82, 2.24) is 19.8 Å². The summed E-state index contributed by atoms with van der Waals surface area (Å²) in [5.41, 5.74) is 0. The van der Waals surface area contributed by atoms with Gasteiger partial charge in [-0.3, -0.25) is 4.79 Å². The Morgan fingerprint density at radius 2 is 1.83 bits per heavy atom. The lowest BCUT2D eigenvalue weighted by molar-refractivity contribution is 0.0754. The van der Waals surface area contributed by atoms with Crippen molar-refractivity contribution in [2.75, 3.05) is 13.1 Å². The lowest BCUT2D eigenvalue weighted by Crippen LogP contribution is -2.34. The fourth-order valence-electron chi connectivity index (χ4n) is 3.98. The lowest BCUT2D eigenvalue weighted by Gasteiger charge is -2.16. The Labute approximate surface area is 174 Å². The van der Waals surface area contributed by atoms with Crippen molar-refractivity contribution in [3.8, 4) is 10.8 Å². The second-order valence-corrected chi connectivity index (χ2v) is 10.7. The van der Waals surface area contributed by atoms with E-state index >= 15 is 0 Å². The number of amides is 1. The van der Waals surface area contributed by atoms with Gasteiger partial charge in [0.15, 0.2) is 0 Å². The Hall–Kier alpha value is -1.78. The Bertz CT molecular complexity index is 968. The molecule has 1 aliphatic heterocycles. The van der Waals surface area contributed by atoms with Crippen LogP contribution < -0.4 is 4.72 Å². The molecule has 2 aromatic heterocycles. The topological polar surface area (TPSA) is 105 Å². The van der Waals surface area contributed by atoms with Crippen LogP contribution in [0.3, 0.4) is 0 Å². The van der Waals surface area contributed by atoms with Crippen molar-refractivity contribution in [3.63, 3.8) is 0 Å². The van der Waals surface area contributed by atoms with Crippen molar-refractivity contribution in [1.29, 1.82) is 0 Å². The Morgan fingerprint density at radius 1 is 1.14 bits per heavy atom. The van der Waals surface area contributed by atoms with Gasteiger partial charge in [-0.15, -0.1) is 21.5 Å². The van der Waals surface area contributed by atoms with Gasteiger partial charge >= 0.3 is 11.8 Å². The summed E-state index contributed by atoms with van der Waals surface area (Å²) in [6, 6.07) is 1.55. The maximum absolute atomic E-state index is 12.9. The minimum absolute atomic E-state index is 0.0154. The zero-order valence-corrected chi connectivity index (χ0v) is 18.1. The molecule has 1 saturated carbocycles. The van der Waals surface area contributed by atoms with E-state index in [1.54, 1.807) is 17.9 Å². The van der Waals surface area contributed by atoms with Crippen molar-refractivity contribution >= 4 is 27.3 Å². The Kier molecular flexibility index (Phi) is 6.03. The molecule has 1 N–H and O–H groups in total. The van der Waals surface area contributed by atoms with Crippen molar-refractivity contribution < 1.29 is 17.6 Å². The minimum atomic E-state index is -3.62. The van der Waals surface area contributed by atoms with Crippen molar-refractivity contribution in [3.05, 3.63) is 16.8 Å². The molecule has 0 atom stereocenters. The van der Waals surface area contributed by atoms with Gasteiger partial charge in [0, 0.05) is 24.0 Å². The van der Waals surface area contributed by atoms with Crippen LogP contribution in [0.4, 0.5) is 0 Å². The van der Waals surface area contributed by atoms with Gasteiger partial charge in [-0.25, -0.2) is 13.1 Å². The Balaban J connectivity index is 1.52. The lowest BCUT2D eigenvalue weighted by atomic mass is 10.1. The fourth-order valence-corrected chi connectivity index (χ4v) is 6.80. The first-order valence-electron chi connectivity index (χ1n) is 10.2. The van der Waals surface area contributed by atoms with Crippen LogP contribution in [0.2, 0.25) is 0 Å². The van der Waals surface area contributed by atoms with Gasteiger partial charge in [0.05, 0.1) is 9.77 Å². The largest absolute Gasteiger partial charge is 0.411 e. The van der Waals surface area contributed by atoms with Crippen molar-refractivity contribution in [2.45, 2.75) is 69.2 Å². The summed E-state index contributed by atoms with van der Waals surface area (Å²) >= 11 is 1.28. The van der Waals surface area contributed by atoms with Crippen LogP contribution in [-0.4, -0.2) is 48.6 Å². The molecule has 8 nitrogen and oxygen atoms in total. The highest BCUT2D eigenvalue weighted by molar-refractivity contribution is 7.89. The first-order valence-corrected chi connectivity index (χ1v) is 12.5. The molecule has 1 aliphatic carbocycles. The molecule has 1 amide bonds. The van der Waals surface area contributed by atoms with E-state index < -0.39 is 10.0 Å². The number of nitrogens with one attached hydrogen (secondary N) is 1. The molecule has 0 spiro atoms. The molecule has 0 aromatic carbocycles. The summed E-state index contributed by atoms with van der Waals surface area (Å²) in [6.45, 7) is 3.16. The smallest absolute Gasteiger partial charge is 0.311 e. The normalized spacial score (nSPS) is 18.9. The summed E-state index contributed by atoms with van der Waals surface area (Å²) in [4.78, 5) is 15.6. The number of carbonyl (C=O) groups is 1. The number of hydrogen-bond donors (Lipinski definition) is 1.